The van der Waals surface area contributed by atoms with Gasteiger partial charge in [-0.2, -0.15) is 5.10 Å². The Bertz CT molecular complexity index is 1330. The lowest BCUT2D eigenvalue weighted by Crippen LogP contribution is -2.28. The number of carbonyl (C=O) groups excluding carboxylic acids is 1. The van der Waals surface area contributed by atoms with E-state index in [1.165, 1.54) is 23.1 Å². The first-order chi connectivity index (χ1) is 16.1. The predicted octanol–water partition coefficient (Wildman–Crippen LogP) is 4.75. The summed E-state index contributed by atoms with van der Waals surface area (Å²) in [4.78, 5) is 13.3. The van der Waals surface area contributed by atoms with Crippen molar-refractivity contribution in [3.8, 4) is 5.75 Å². The number of carbonyl (C=O) groups is 1. The van der Waals surface area contributed by atoms with E-state index < -0.39 is 0 Å². The number of rotatable bonds is 6. The minimum absolute atomic E-state index is 0.0928. The van der Waals surface area contributed by atoms with E-state index in [0.29, 0.717) is 15.9 Å². The summed E-state index contributed by atoms with van der Waals surface area (Å²) in [5, 5.41) is 16.9. The zero-order valence-electron chi connectivity index (χ0n) is 17.8. The molecule has 166 valence electrons. The van der Waals surface area contributed by atoms with Gasteiger partial charge < -0.3 is 10.5 Å². The van der Waals surface area contributed by atoms with Crippen LogP contribution in [0, 0.1) is 0 Å². The van der Waals surface area contributed by atoms with Crippen molar-refractivity contribution in [2.24, 2.45) is 5.10 Å². The molecular weight excluding hydrogens is 454 g/mol. The van der Waals surface area contributed by atoms with Crippen LogP contribution in [0.15, 0.2) is 76.2 Å². The van der Waals surface area contributed by atoms with E-state index in [9.17, 15) is 4.79 Å². The van der Waals surface area contributed by atoms with Crippen molar-refractivity contribution in [3.05, 3.63) is 77.9 Å². The van der Waals surface area contributed by atoms with E-state index in [1.807, 2.05) is 42.5 Å². The molecule has 2 N–H and O–H groups in total. The first-order valence-corrected chi connectivity index (χ1v) is 12.2. The summed E-state index contributed by atoms with van der Waals surface area (Å²) < 4.78 is 5.97. The van der Waals surface area contributed by atoms with Gasteiger partial charge in [0.25, 0.3) is 5.91 Å². The maximum absolute atomic E-state index is 13.3. The number of nitrogens with zero attached hydrogens (tertiary/aromatic N) is 4. The summed E-state index contributed by atoms with van der Waals surface area (Å²) >= 11 is 2.59. The van der Waals surface area contributed by atoms with Gasteiger partial charge in [0.2, 0.25) is 5.13 Å². The molecule has 5 rings (SSSR count). The maximum Gasteiger partial charge on any atom is 0.253 e. The lowest BCUT2D eigenvalue weighted by molar-refractivity contribution is -0.130. The number of amides is 1. The molecule has 0 saturated carbocycles. The molecular formula is C24H21N5O2S2. The van der Waals surface area contributed by atoms with Crippen LogP contribution in [0.1, 0.15) is 23.6 Å². The Balaban J connectivity index is 1.47. The van der Waals surface area contributed by atoms with Crippen LogP contribution in [0.4, 0.5) is 5.13 Å². The van der Waals surface area contributed by atoms with Gasteiger partial charge in [-0.25, -0.2) is 5.01 Å². The van der Waals surface area contributed by atoms with Gasteiger partial charge in [0.05, 0.1) is 24.6 Å². The minimum Gasteiger partial charge on any atom is -0.497 e. The Kier molecular flexibility index (Phi) is 5.97. The third kappa shape index (κ3) is 4.42. The minimum atomic E-state index is -0.197. The van der Waals surface area contributed by atoms with E-state index >= 15 is 0 Å². The third-order valence-corrected chi connectivity index (χ3v) is 7.38. The van der Waals surface area contributed by atoms with E-state index in [2.05, 4.69) is 34.5 Å². The molecule has 3 aromatic carbocycles. The number of ether oxygens (including phenoxy) is 1. The molecule has 4 aromatic rings. The van der Waals surface area contributed by atoms with Crippen LogP contribution >= 0.6 is 23.1 Å². The van der Waals surface area contributed by atoms with Crippen molar-refractivity contribution in [2.45, 2.75) is 16.8 Å². The molecule has 0 bridgehead atoms. The van der Waals surface area contributed by atoms with Crippen molar-refractivity contribution in [2.75, 3.05) is 18.6 Å². The van der Waals surface area contributed by atoms with Crippen LogP contribution in [0.3, 0.4) is 0 Å². The average molecular weight is 476 g/mol. The molecule has 0 aliphatic carbocycles. The highest BCUT2D eigenvalue weighted by Crippen LogP contribution is 2.36. The van der Waals surface area contributed by atoms with Crippen LogP contribution in [-0.2, 0) is 4.79 Å². The molecule has 9 heteroatoms. The average Bonchev–Trinajstić information content (AvgIpc) is 3.49. The van der Waals surface area contributed by atoms with Gasteiger partial charge in [0.15, 0.2) is 4.34 Å². The number of benzene rings is 3. The van der Waals surface area contributed by atoms with Crippen molar-refractivity contribution in [1.82, 2.24) is 15.2 Å². The quantitative estimate of drug-likeness (QED) is 0.405. The molecule has 33 heavy (non-hydrogen) atoms. The number of nitrogens with two attached hydrogens (primary N) is 1. The van der Waals surface area contributed by atoms with Gasteiger partial charge in [-0.15, -0.1) is 10.2 Å². The van der Waals surface area contributed by atoms with Gasteiger partial charge in [-0.1, -0.05) is 77.7 Å². The number of thioether (sulfide) groups is 1. The Labute approximate surface area is 199 Å². The highest BCUT2D eigenvalue weighted by Gasteiger charge is 2.33. The lowest BCUT2D eigenvalue weighted by Gasteiger charge is -2.22. The molecule has 0 saturated heterocycles. The fourth-order valence-electron chi connectivity index (χ4n) is 3.93. The summed E-state index contributed by atoms with van der Waals surface area (Å²) in [5.41, 5.74) is 8.61. The van der Waals surface area contributed by atoms with E-state index in [0.717, 1.165) is 33.4 Å². The molecule has 2 heterocycles. The fraction of sp³-hybridized carbons (Fsp3) is 0.167. The van der Waals surface area contributed by atoms with Crippen LogP contribution in [0.25, 0.3) is 10.8 Å². The molecule has 1 amide bonds. The van der Waals surface area contributed by atoms with Crippen LogP contribution in [-0.4, -0.2) is 39.7 Å². The van der Waals surface area contributed by atoms with Crippen molar-refractivity contribution >= 4 is 50.6 Å². The zero-order valence-corrected chi connectivity index (χ0v) is 19.5. The molecule has 1 unspecified atom stereocenters. The summed E-state index contributed by atoms with van der Waals surface area (Å²) in [6.07, 6.45) is 0.627. The molecule has 0 radical (unpaired) electrons. The summed E-state index contributed by atoms with van der Waals surface area (Å²) in [7, 11) is 1.64. The van der Waals surface area contributed by atoms with Gasteiger partial charge in [-0.3, -0.25) is 4.79 Å². The summed E-state index contributed by atoms with van der Waals surface area (Å²) in [6.45, 7) is 0. The lowest BCUT2D eigenvalue weighted by atomic mass is 9.95. The number of hydrogen-bond acceptors (Lipinski definition) is 8. The number of fused-ring (bicyclic) bond motifs is 1. The predicted molar refractivity (Wildman–Crippen MR) is 133 cm³/mol. The molecule has 7 nitrogen and oxygen atoms in total. The first-order valence-electron chi connectivity index (χ1n) is 10.4. The van der Waals surface area contributed by atoms with Gasteiger partial charge in [0, 0.05) is 12.0 Å². The molecule has 0 spiro atoms. The van der Waals surface area contributed by atoms with Crippen LogP contribution < -0.4 is 10.5 Å². The Morgan fingerprint density at radius 1 is 1.12 bits per heavy atom. The standard InChI is InChI=1S/C24H21N5O2S2/c1-31-17-11-9-16(10-12-17)21-13-20(19-8-4-6-15-5-2-3-7-18(15)19)28-29(21)22(30)14-32-24-27-26-23(25)33-24/h2-12,21H,13-14H2,1H3,(H2,25,26). The molecule has 1 aliphatic heterocycles. The van der Waals surface area contributed by atoms with Crippen LogP contribution in [0.2, 0.25) is 0 Å². The number of hydrazone groups is 1. The number of nitrogen functional groups attached to an aromatic ring is 1. The largest absolute Gasteiger partial charge is 0.497 e. The Hall–Kier alpha value is -3.43. The topological polar surface area (TPSA) is 93.7 Å². The summed E-state index contributed by atoms with van der Waals surface area (Å²) in [5.74, 6) is 0.882. The van der Waals surface area contributed by atoms with E-state index in [4.69, 9.17) is 15.6 Å². The Morgan fingerprint density at radius 3 is 2.67 bits per heavy atom. The second kappa shape index (κ2) is 9.21. The molecule has 1 aliphatic rings. The van der Waals surface area contributed by atoms with Gasteiger partial charge >= 0.3 is 0 Å². The Morgan fingerprint density at radius 2 is 1.91 bits per heavy atom. The second-order valence-electron chi connectivity index (χ2n) is 7.50. The van der Waals surface area contributed by atoms with Crippen molar-refractivity contribution < 1.29 is 9.53 Å². The highest BCUT2D eigenvalue weighted by atomic mass is 32.2. The van der Waals surface area contributed by atoms with Crippen molar-refractivity contribution in [3.63, 3.8) is 0 Å². The molecule has 1 atom stereocenters. The number of methoxy groups -OCH3 is 1. The smallest absolute Gasteiger partial charge is 0.253 e. The maximum atomic E-state index is 13.3. The van der Waals surface area contributed by atoms with Crippen LogP contribution in [0.5, 0.6) is 5.75 Å². The van der Waals surface area contributed by atoms with Gasteiger partial charge in [-0.05, 0) is 28.5 Å². The first kappa shape index (κ1) is 21.4. The monoisotopic (exact) mass is 475 g/mol. The third-order valence-electron chi connectivity index (χ3n) is 5.51. The van der Waals surface area contributed by atoms with E-state index in [-0.39, 0.29) is 17.7 Å². The number of anilines is 1. The zero-order chi connectivity index (χ0) is 22.8. The second-order valence-corrected chi connectivity index (χ2v) is 9.73. The van der Waals surface area contributed by atoms with E-state index in [1.54, 1.807) is 12.1 Å². The van der Waals surface area contributed by atoms with Gasteiger partial charge in [0.1, 0.15) is 5.75 Å². The highest BCUT2D eigenvalue weighted by molar-refractivity contribution is 8.01. The number of aromatic nitrogens is 2. The number of hydrogen-bond donors (Lipinski definition) is 1. The fourth-order valence-corrected chi connectivity index (χ4v) is 5.42. The molecule has 1 aromatic heterocycles. The normalized spacial score (nSPS) is 15.6. The molecule has 0 fully saturated rings. The summed E-state index contributed by atoms with van der Waals surface area (Å²) in [6, 6.07) is 22.0. The van der Waals surface area contributed by atoms with Crippen molar-refractivity contribution in [1.29, 1.82) is 0 Å². The SMILES string of the molecule is COc1ccc(C2CC(c3cccc4ccccc34)=NN2C(=O)CSc2nnc(N)s2)cc1.